The number of aryl methyl sites for hydroxylation is 1. The van der Waals surface area contributed by atoms with Crippen LogP contribution in [0, 0.1) is 20.8 Å². The van der Waals surface area contributed by atoms with E-state index < -0.39 is 11.8 Å². The second kappa shape index (κ2) is 7.10. The van der Waals surface area contributed by atoms with Gasteiger partial charge in [-0.3, -0.25) is 0 Å². The van der Waals surface area contributed by atoms with E-state index in [1.807, 2.05) is 19.1 Å². The highest BCUT2D eigenvalue weighted by Crippen LogP contribution is 2.65. The molecule has 1 nitrogen and oxygen atoms in total. The van der Waals surface area contributed by atoms with Crippen LogP contribution in [0.1, 0.15) is 38.3 Å². The zero-order valence-electron chi connectivity index (χ0n) is 19.2. The summed E-state index contributed by atoms with van der Waals surface area (Å²) in [5.41, 5.74) is 6.41. The Morgan fingerprint density at radius 1 is 0.611 bits per heavy atom. The van der Waals surface area contributed by atoms with Crippen LogP contribution >= 0.6 is 45.3 Å². The fourth-order valence-corrected chi connectivity index (χ4v) is 9.94. The molecule has 0 radical (unpaired) electrons. The van der Waals surface area contributed by atoms with Crippen LogP contribution in [0.4, 0.5) is 22.6 Å². The molecule has 0 spiro atoms. The summed E-state index contributed by atoms with van der Waals surface area (Å²) < 4.78 is 64.1. The monoisotopic (exact) mass is 559 g/mol. The minimum atomic E-state index is -3.27. The van der Waals surface area contributed by atoms with E-state index in [4.69, 9.17) is 5.73 Å². The summed E-state index contributed by atoms with van der Waals surface area (Å²) in [5, 5.41) is 0.596. The van der Waals surface area contributed by atoms with Gasteiger partial charge in [0.15, 0.2) is 0 Å². The van der Waals surface area contributed by atoms with Crippen molar-refractivity contribution < 1.29 is 17.6 Å². The van der Waals surface area contributed by atoms with E-state index in [-0.39, 0.29) is 44.5 Å². The standard InChI is InChI=1S/C27H17F4NS4/c1-10-4-5-15(33-10)17-8-13-24(35-17)20-11(2)23-21(12(3)22(20)26(13,28)29)25-14(27(23,30)31)9-18(36-25)16-6-7-19(32)34-16/h4-9H,32H2,1-3H3. The third-order valence-electron chi connectivity index (χ3n) is 7.08. The van der Waals surface area contributed by atoms with Crippen molar-refractivity contribution in [3.63, 3.8) is 0 Å². The maximum absolute atomic E-state index is 16.0. The van der Waals surface area contributed by atoms with E-state index in [1.165, 1.54) is 51.4 Å². The summed E-state index contributed by atoms with van der Waals surface area (Å²) in [5.74, 6) is -6.52. The summed E-state index contributed by atoms with van der Waals surface area (Å²) in [6.07, 6.45) is 0. The van der Waals surface area contributed by atoms with Crippen molar-refractivity contribution >= 4 is 50.3 Å². The van der Waals surface area contributed by atoms with Gasteiger partial charge >= 0.3 is 11.8 Å². The summed E-state index contributed by atoms with van der Waals surface area (Å²) >= 11 is 5.36. The molecule has 9 heteroatoms. The predicted octanol–water partition coefficient (Wildman–Crippen LogP) is 10.0. The van der Waals surface area contributed by atoms with Gasteiger partial charge in [0.25, 0.3) is 0 Å². The van der Waals surface area contributed by atoms with Crippen LogP contribution in [0.2, 0.25) is 0 Å². The number of rotatable bonds is 2. The van der Waals surface area contributed by atoms with E-state index >= 15 is 17.6 Å². The molecule has 0 unspecified atom stereocenters. The molecule has 0 amide bonds. The first-order valence-corrected chi connectivity index (χ1v) is 14.4. The number of fused-ring (bicyclic) bond motifs is 6. The van der Waals surface area contributed by atoms with Gasteiger partial charge in [0.05, 0.1) is 5.00 Å². The van der Waals surface area contributed by atoms with Gasteiger partial charge in [-0.1, -0.05) is 0 Å². The molecule has 36 heavy (non-hydrogen) atoms. The minimum Gasteiger partial charge on any atom is -0.391 e. The normalized spacial score (nSPS) is 16.2. The number of nitrogens with two attached hydrogens (primary N) is 1. The zero-order chi connectivity index (χ0) is 25.3. The second-order valence-electron chi connectivity index (χ2n) is 9.22. The van der Waals surface area contributed by atoms with Crippen LogP contribution in [0.3, 0.4) is 0 Å². The summed E-state index contributed by atoms with van der Waals surface area (Å²) in [6.45, 7) is 5.11. The lowest BCUT2D eigenvalue weighted by molar-refractivity contribution is 0.0444. The van der Waals surface area contributed by atoms with Gasteiger partial charge in [0, 0.05) is 67.5 Å². The number of thiophene rings is 4. The van der Waals surface area contributed by atoms with Crippen molar-refractivity contribution in [3.05, 3.63) is 74.7 Å². The Labute approximate surface area is 220 Å². The third kappa shape index (κ3) is 2.74. The Hall–Kier alpha value is -2.46. The maximum atomic E-state index is 16.0. The van der Waals surface area contributed by atoms with Gasteiger partial charge in [0.2, 0.25) is 0 Å². The molecule has 0 saturated heterocycles. The Morgan fingerprint density at radius 2 is 1.08 bits per heavy atom. The van der Waals surface area contributed by atoms with Gasteiger partial charge < -0.3 is 5.73 Å². The molecule has 4 heterocycles. The van der Waals surface area contributed by atoms with E-state index in [1.54, 1.807) is 32.0 Å². The van der Waals surface area contributed by atoms with Crippen LogP contribution in [-0.2, 0) is 11.8 Å². The molecule has 5 aromatic rings. The van der Waals surface area contributed by atoms with Gasteiger partial charge in [-0.05, 0) is 68.3 Å². The van der Waals surface area contributed by atoms with Crippen LogP contribution in [0.5, 0.6) is 0 Å². The largest absolute Gasteiger partial charge is 0.391 e. The van der Waals surface area contributed by atoms with Crippen molar-refractivity contribution in [2.75, 3.05) is 5.73 Å². The van der Waals surface area contributed by atoms with Crippen LogP contribution in [0.25, 0.3) is 40.4 Å². The fourth-order valence-electron chi connectivity index (χ4n) is 5.54. The highest BCUT2D eigenvalue weighted by Gasteiger charge is 2.54. The van der Waals surface area contributed by atoms with Crippen molar-refractivity contribution in [2.45, 2.75) is 32.6 Å². The number of anilines is 1. The first kappa shape index (κ1) is 22.7. The average molecular weight is 560 g/mol. The lowest BCUT2D eigenvalue weighted by atomic mass is 9.88. The first-order chi connectivity index (χ1) is 17.0. The Bertz CT molecular complexity index is 1620. The lowest BCUT2D eigenvalue weighted by Crippen LogP contribution is -2.16. The molecule has 0 atom stereocenters. The molecule has 2 aliphatic rings. The predicted molar refractivity (Wildman–Crippen MR) is 144 cm³/mol. The topological polar surface area (TPSA) is 26.0 Å². The highest BCUT2D eigenvalue weighted by atomic mass is 32.1. The first-order valence-electron chi connectivity index (χ1n) is 11.2. The van der Waals surface area contributed by atoms with E-state index in [9.17, 15) is 0 Å². The van der Waals surface area contributed by atoms with E-state index in [0.29, 0.717) is 19.6 Å². The third-order valence-corrected chi connectivity index (χ3v) is 11.7. The second-order valence-corrected chi connectivity index (χ2v) is 13.7. The molecule has 2 N–H and O–H groups in total. The number of halogens is 4. The molecule has 0 saturated carbocycles. The maximum Gasteiger partial charge on any atom is 0.300 e. The molecule has 0 fully saturated rings. The molecule has 7 rings (SSSR count). The summed E-state index contributed by atoms with van der Waals surface area (Å²) in [7, 11) is 0. The van der Waals surface area contributed by atoms with Gasteiger partial charge in [0.1, 0.15) is 0 Å². The Balaban J connectivity index is 1.48. The SMILES string of the molecule is Cc1ccc(-c2cc3c(s2)-c2c(C)c4c(c(C)c2C3(F)F)-c2sc(-c3ccc(N)s3)cc2C4(F)F)s1. The molecule has 2 aliphatic carbocycles. The smallest absolute Gasteiger partial charge is 0.300 e. The van der Waals surface area contributed by atoms with Crippen molar-refractivity contribution in [1.29, 1.82) is 0 Å². The number of hydrogen-bond acceptors (Lipinski definition) is 5. The van der Waals surface area contributed by atoms with Crippen LogP contribution < -0.4 is 5.73 Å². The number of benzene rings is 1. The van der Waals surface area contributed by atoms with Crippen molar-refractivity contribution in [1.82, 2.24) is 0 Å². The van der Waals surface area contributed by atoms with E-state index in [0.717, 1.165) is 19.5 Å². The lowest BCUT2D eigenvalue weighted by Gasteiger charge is -2.22. The van der Waals surface area contributed by atoms with Crippen LogP contribution in [0.15, 0.2) is 36.4 Å². The Morgan fingerprint density at radius 3 is 1.50 bits per heavy atom. The van der Waals surface area contributed by atoms with E-state index in [2.05, 4.69) is 0 Å². The zero-order valence-corrected chi connectivity index (χ0v) is 22.5. The molecule has 4 aromatic heterocycles. The molecule has 0 bridgehead atoms. The summed E-state index contributed by atoms with van der Waals surface area (Å²) in [4.78, 5) is 4.99. The van der Waals surface area contributed by atoms with Crippen molar-refractivity contribution in [2.24, 2.45) is 0 Å². The molecule has 1 aromatic carbocycles. The van der Waals surface area contributed by atoms with Crippen molar-refractivity contribution in [3.8, 4) is 40.4 Å². The number of nitrogen functional groups attached to an aromatic ring is 1. The summed E-state index contributed by atoms with van der Waals surface area (Å²) in [6, 6.07) is 10.5. The quantitative estimate of drug-likeness (QED) is 0.214. The fraction of sp³-hybridized carbons (Fsp3) is 0.185. The van der Waals surface area contributed by atoms with Gasteiger partial charge in [-0.2, -0.15) is 17.6 Å². The Kier molecular flexibility index (Phi) is 4.48. The molecule has 0 aliphatic heterocycles. The molecule has 182 valence electrons. The molecular weight excluding hydrogens is 543 g/mol. The van der Waals surface area contributed by atoms with Gasteiger partial charge in [-0.25, -0.2) is 0 Å². The average Bonchev–Trinajstić information content (AvgIpc) is 3.60. The van der Waals surface area contributed by atoms with Gasteiger partial charge in [-0.15, -0.1) is 45.3 Å². The number of alkyl halides is 4. The number of hydrogen-bond donors (Lipinski definition) is 1. The highest BCUT2D eigenvalue weighted by molar-refractivity contribution is 7.25. The minimum absolute atomic E-state index is 0.0807. The molecular formula is C27H17F4NS4. The van der Waals surface area contributed by atoms with Crippen LogP contribution in [-0.4, -0.2) is 0 Å².